The van der Waals surface area contributed by atoms with E-state index in [2.05, 4.69) is 14.7 Å². The lowest BCUT2D eigenvalue weighted by molar-refractivity contribution is -0.384. The van der Waals surface area contributed by atoms with Crippen LogP contribution in [0.1, 0.15) is 88.6 Å². The topological polar surface area (TPSA) is 135 Å². The van der Waals surface area contributed by atoms with Gasteiger partial charge >= 0.3 is 17.9 Å². The van der Waals surface area contributed by atoms with Crippen molar-refractivity contribution in [1.82, 2.24) is 19.6 Å². The molecule has 278 valence electrons. The Labute approximate surface area is 293 Å². The summed E-state index contributed by atoms with van der Waals surface area (Å²) in [5, 5.41) is 11.2. The molecule has 0 saturated carbocycles. The van der Waals surface area contributed by atoms with E-state index >= 15 is 0 Å². The number of nitrogens with zero attached hydrogens (tertiary/aromatic N) is 5. The summed E-state index contributed by atoms with van der Waals surface area (Å²) in [6, 6.07) is 4.84. The van der Waals surface area contributed by atoms with Crippen LogP contribution >= 0.6 is 0 Å². The standard InChI is InChI=1S/C36H61N5O8/c1-26(31(42)47-34(4,5)6)38-19-17-37(25-29-13-15-30(16-14-29)41(45)46)18-20-39(27(2)32(43)48-35(7,8)9)22-24-40(23-21-38)28(3)33(44)49-36(10,11)12/h13-16,26-28H,17-25H2,1-12H3/t26-,27-,28-/m1/s1. The van der Waals surface area contributed by atoms with Crippen LogP contribution < -0.4 is 0 Å². The van der Waals surface area contributed by atoms with E-state index in [1.807, 2.05) is 88.0 Å². The number of hydrogen-bond acceptors (Lipinski definition) is 12. The molecule has 1 aliphatic rings. The highest BCUT2D eigenvalue weighted by molar-refractivity contribution is 5.76. The van der Waals surface area contributed by atoms with Crippen molar-refractivity contribution in [2.24, 2.45) is 0 Å². The predicted octanol–water partition coefficient (Wildman–Crippen LogP) is 4.51. The van der Waals surface area contributed by atoms with Crippen LogP contribution in [0.4, 0.5) is 5.69 Å². The SMILES string of the molecule is C[C@H](C(=O)OC(C)(C)C)N1CCN(Cc2ccc([N+](=O)[O-])cc2)CCN([C@H](C)C(=O)OC(C)(C)C)CCN([C@H](C)C(=O)OC(C)(C)C)CC1. The van der Waals surface area contributed by atoms with Crippen molar-refractivity contribution in [1.29, 1.82) is 0 Å². The summed E-state index contributed by atoms with van der Waals surface area (Å²) in [4.78, 5) is 59.1. The van der Waals surface area contributed by atoms with Crippen molar-refractivity contribution in [2.75, 3.05) is 52.4 Å². The Morgan fingerprint density at radius 2 is 0.898 bits per heavy atom. The van der Waals surface area contributed by atoms with E-state index in [1.54, 1.807) is 12.1 Å². The molecule has 13 nitrogen and oxygen atoms in total. The van der Waals surface area contributed by atoms with E-state index in [1.165, 1.54) is 12.1 Å². The molecule has 0 radical (unpaired) electrons. The van der Waals surface area contributed by atoms with Crippen molar-refractivity contribution >= 4 is 23.6 Å². The van der Waals surface area contributed by atoms with Crippen LogP contribution in [0.3, 0.4) is 0 Å². The molecule has 0 amide bonds. The van der Waals surface area contributed by atoms with Crippen molar-refractivity contribution in [3.05, 3.63) is 39.9 Å². The van der Waals surface area contributed by atoms with Gasteiger partial charge in [0, 0.05) is 71.0 Å². The van der Waals surface area contributed by atoms with Crippen LogP contribution in [0.2, 0.25) is 0 Å². The van der Waals surface area contributed by atoms with Gasteiger partial charge in [0.1, 0.15) is 34.9 Å². The van der Waals surface area contributed by atoms with Gasteiger partial charge in [0.2, 0.25) is 0 Å². The highest BCUT2D eigenvalue weighted by Gasteiger charge is 2.33. The number of carbonyl (C=O) groups excluding carboxylic acids is 3. The number of ether oxygens (including phenoxy) is 3. The minimum Gasteiger partial charge on any atom is -0.459 e. The van der Waals surface area contributed by atoms with E-state index in [4.69, 9.17) is 14.2 Å². The summed E-state index contributed by atoms with van der Waals surface area (Å²) in [5.74, 6) is -0.997. The van der Waals surface area contributed by atoms with Gasteiger partial charge < -0.3 is 14.2 Å². The second-order valence-electron chi connectivity index (χ2n) is 15.9. The molecule has 0 spiro atoms. The van der Waals surface area contributed by atoms with E-state index in [-0.39, 0.29) is 23.6 Å². The summed E-state index contributed by atoms with van der Waals surface area (Å²) < 4.78 is 17.3. The van der Waals surface area contributed by atoms with Crippen molar-refractivity contribution in [3.63, 3.8) is 0 Å². The number of hydrogen-bond donors (Lipinski definition) is 0. The van der Waals surface area contributed by atoms with Gasteiger partial charge in [-0.2, -0.15) is 0 Å². The molecule has 0 unspecified atom stereocenters. The van der Waals surface area contributed by atoms with E-state index in [0.29, 0.717) is 58.9 Å². The van der Waals surface area contributed by atoms with Crippen LogP contribution in [0, 0.1) is 10.1 Å². The number of rotatable bonds is 9. The molecule has 0 N–H and O–H groups in total. The second kappa shape index (κ2) is 17.7. The molecule has 49 heavy (non-hydrogen) atoms. The minimum absolute atomic E-state index is 0.0253. The molecule has 13 heteroatoms. The third-order valence-corrected chi connectivity index (χ3v) is 8.20. The number of benzene rings is 1. The zero-order valence-corrected chi connectivity index (χ0v) is 31.9. The molecular weight excluding hydrogens is 630 g/mol. The summed E-state index contributed by atoms with van der Waals surface area (Å²) >= 11 is 0. The Balaban J connectivity index is 2.47. The monoisotopic (exact) mass is 691 g/mol. The Bertz CT molecular complexity index is 1200. The first kappa shape index (κ1) is 42.0. The molecule has 2 rings (SSSR count). The van der Waals surface area contributed by atoms with Crippen LogP contribution in [-0.4, -0.2) is 130 Å². The summed E-state index contributed by atoms with van der Waals surface area (Å²) in [6.45, 7) is 26.6. The fraction of sp³-hybridized carbons (Fsp3) is 0.750. The molecule has 1 aromatic carbocycles. The summed E-state index contributed by atoms with van der Waals surface area (Å²) in [6.07, 6.45) is 0. The van der Waals surface area contributed by atoms with E-state index in [0.717, 1.165) is 5.56 Å². The number of nitro groups is 1. The zero-order chi connectivity index (χ0) is 37.3. The highest BCUT2D eigenvalue weighted by Crippen LogP contribution is 2.18. The molecule has 0 aromatic heterocycles. The molecule has 1 saturated heterocycles. The largest absolute Gasteiger partial charge is 0.459 e. The summed E-state index contributed by atoms with van der Waals surface area (Å²) in [5.41, 5.74) is -1.01. The first-order chi connectivity index (χ1) is 22.5. The highest BCUT2D eigenvalue weighted by atomic mass is 16.6. The lowest BCUT2D eigenvalue weighted by Crippen LogP contribution is -2.54. The van der Waals surface area contributed by atoms with Crippen molar-refractivity contribution in [3.8, 4) is 0 Å². The molecule has 0 aliphatic carbocycles. The quantitative estimate of drug-likeness (QED) is 0.156. The van der Waals surface area contributed by atoms with E-state index < -0.39 is 39.9 Å². The first-order valence-corrected chi connectivity index (χ1v) is 17.3. The number of nitro benzene ring substituents is 1. The smallest absolute Gasteiger partial charge is 0.323 e. The van der Waals surface area contributed by atoms with Crippen LogP contribution in [0.15, 0.2) is 24.3 Å². The normalized spacial score (nSPS) is 19.1. The van der Waals surface area contributed by atoms with E-state index in [9.17, 15) is 24.5 Å². The number of esters is 3. The number of non-ortho nitro benzene ring substituents is 1. The average Bonchev–Trinajstić information content (AvgIpc) is 2.95. The van der Waals surface area contributed by atoms with Crippen molar-refractivity contribution in [2.45, 2.75) is 125 Å². The fourth-order valence-corrected chi connectivity index (χ4v) is 5.41. The Kier molecular flexibility index (Phi) is 15.2. The van der Waals surface area contributed by atoms with Crippen molar-refractivity contribution < 1.29 is 33.5 Å². The third-order valence-electron chi connectivity index (χ3n) is 8.20. The van der Waals surface area contributed by atoms with Gasteiger partial charge in [-0.05, 0) is 88.6 Å². The lowest BCUT2D eigenvalue weighted by atomic mass is 10.1. The summed E-state index contributed by atoms with van der Waals surface area (Å²) in [7, 11) is 0. The third kappa shape index (κ3) is 15.1. The maximum absolute atomic E-state index is 13.3. The Hall–Kier alpha value is -3.13. The lowest BCUT2D eigenvalue weighted by Gasteiger charge is -2.39. The van der Waals surface area contributed by atoms with Gasteiger partial charge in [-0.1, -0.05) is 12.1 Å². The van der Waals surface area contributed by atoms with Crippen LogP contribution in [0.5, 0.6) is 0 Å². The predicted molar refractivity (Wildman–Crippen MR) is 189 cm³/mol. The Morgan fingerprint density at radius 3 is 1.16 bits per heavy atom. The van der Waals surface area contributed by atoms with Gasteiger partial charge in [-0.15, -0.1) is 0 Å². The molecule has 1 aromatic rings. The second-order valence-corrected chi connectivity index (χ2v) is 15.9. The molecule has 1 fully saturated rings. The van der Waals surface area contributed by atoms with Gasteiger partial charge in [-0.25, -0.2) is 0 Å². The average molecular weight is 692 g/mol. The first-order valence-electron chi connectivity index (χ1n) is 17.3. The van der Waals surface area contributed by atoms with Crippen LogP contribution in [-0.2, 0) is 35.1 Å². The molecular formula is C36H61N5O8. The van der Waals surface area contributed by atoms with Gasteiger partial charge in [0.25, 0.3) is 5.69 Å². The Morgan fingerprint density at radius 1 is 0.612 bits per heavy atom. The minimum atomic E-state index is -0.653. The maximum atomic E-state index is 13.3. The van der Waals surface area contributed by atoms with Gasteiger partial charge in [-0.3, -0.25) is 44.1 Å². The molecule has 1 heterocycles. The molecule has 0 bridgehead atoms. The van der Waals surface area contributed by atoms with Crippen LogP contribution in [0.25, 0.3) is 0 Å². The van der Waals surface area contributed by atoms with Gasteiger partial charge in [0.05, 0.1) is 4.92 Å². The molecule has 1 aliphatic heterocycles. The fourth-order valence-electron chi connectivity index (χ4n) is 5.41. The maximum Gasteiger partial charge on any atom is 0.323 e. The zero-order valence-electron chi connectivity index (χ0n) is 31.9. The molecule has 3 atom stereocenters. The number of carbonyl (C=O) groups is 3. The van der Waals surface area contributed by atoms with Gasteiger partial charge in [0.15, 0.2) is 0 Å².